The molecule has 1 aliphatic rings. The quantitative estimate of drug-likeness (QED) is 0.903. The second kappa shape index (κ2) is 5.29. The molecule has 0 aromatic carbocycles. The molecule has 0 saturated carbocycles. The summed E-state index contributed by atoms with van der Waals surface area (Å²) < 4.78 is 5.63. The smallest absolute Gasteiger partial charge is 0.122 e. The Morgan fingerprint density at radius 3 is 2.68 bits per heavy atom. The molecule has 1 saturated heterocycles. The average Bonchev–Trinajstić information content (AvgIpc) is 2.82. The fourth-order valence-electron chi connectivity index (χ4n) is 2.61. The highest BCUT2D eigenvalue weighted by Gasteiger charge is 2.29. The Balaban J connectivity index is 1.93. The van der Waals surface area contributed by atoms with Crippen LogP contribution in [-0.4, -0.2) is 23.5 Å². The van der Waals surface area contributed by atoms with Crippen LogP contribution in [0.25, 0.3) is 0 Å². The standard InChI is InChI=1S/C16H28N2O/c1-15(2,3)17-10-14-13(6-9-19-14)11-18-8-7-16(4,5)12-18/h6,9,17H,7-8,10-12H2,1-5H3. The number of nitrogens with one attached hydrogen (secondary N) is 1. The number of nitrogens with zero attached hydrogens (tertiary/aromatic N) is 1. The molecule has 1 fully saturated rings. The van der Waals surface area contributed by atoms with E-state index in [9.17, 15) is 0 Å². The molecule has 0 spiro atoms. The van der Waals surface area contributed by atoms with Crippen molar-refractivity contribution in [2.45, 2.75) is 59.7 Å². The number of hydrogen-bond acceptors (Lipinski definition) is 3. The minimum atomic E-state index is 0.125. The second-order valence-electron chi connectivity index (χ2n) is 7.60. The van der Waals surface area contributed by atoms with Gasteiger partial charge >= 0.3 is 0 Å². The summed E-state index contributed by atoms with van der Waals surface area (Å²) in [5.41, 5.74) is 1.92. The van der Waals surface area contributed by atoms with Crippen molar-refractivity contribution in [2.75, 3.05) is 13.1 Å². The molecule has 3 nitrogen and oxygen atoms in total. The van der Waals surface area contributed by atoms with E-state index >= 15 is 0 Å². The van der Waals surface area contributed by atoms with Crippen LogP contribution in [0.1, 0.15) is 52.4 Å². The Morgan fingerprint density at radius 2 is 2.11 bits per heavy atom. The molecule has 1 aliphatic heterocycles. The van der Waals surface area contributed by atoms with Gasteiger partial charge in [0.1, 0.15) is 5.76 Å². The summed E-state index contributed by atoms with van der Waals surface area (Å²) in [6.45, 7) is 15.4. The van der Waals surface area contributed by atoms with Crippen molar-refractivity contribution in [3.63, 3.8) is 0 Å². The molecule has 2 heterocycles. The van der Waals surface area contributed by atoms with Gasteiger partial charge in [-0.25, -0.2) is 0 Å². The van der Waals surface area contributed by atoms with Crippen LogP contribution in [0.2, 0.25) is 0 Å². The van der Waals surface area contributed by atoms with E-state index in [2.05, 4.69) is 50.9 Å². The summed E-state index contributed by atoms with van der Waals surface area (Å²) >= 11 is 0. The van der Waals surface area contributed by atoms with Gasteiger partial charge in [0, 0.05) is 24.2 Å². The van der Waals surface area contributed by atoms with Crippen molar-refractivity contribution in [2.24, 2.45) is 5.41 Å². The molecule has 1 N–H and O–H groups in total. The normalized spacial score (nSPS) is 20.1. The van der Waals surface area contributed by atoms with Crippen LogP contribution in [-0.2, 0) is 13.1 Å². The number of furan rings is 1. The molecule has 1 aromatic rings. The molecule has 0 radical (unpaired) electrons. The topological polar surface area (TPSA) is 28.4 Å². The van der Waals surface area contributed by atoms with Gasteiger partial charge in [0.05, 0.1) is 12.8 Å². The fourth-order valence-corrected chi connectivity index (χ4v) is 2.61. The zero-order valence-electron chi connectivity index (χ0n) is 13.0. The predicted molar refractivity (Wildman–Crippen MR) is 79.0 cm³/mol. The summed E-state index contributed by atoms with van der Waals surface area (Å²) in [7, 11) is 0. The van der Waals surface area contributed by atoms with Crippen LogP contribution in [0.3, 0.4) is 0 Å². The summed E-state index contributed by atoms with van der Waals surface area (Å²) in [5.74, 6) is 1.08. The first-order valence-corrected chi connectivity index (χ1v) is 7.28. The lowest BCUT2D eigenvalue weighted by Gasteiger charge is -2.21. The maximum absolute atomic E-state index is 5.63. The Kier molecular flexibility index (Phi) is 4.07. The van der Waals surface area contributed by atoms with Gasteiger partial charge in [0.15, 0.2) is 0 Å². The predicted octanol–water partition coefficient (Wildman–Crippen LogP) is 3.40. The van der Waals surface area contributed by atoms with Crippen molar-refractivity contribution in [1.29, 1.82) is 0 Å². The van der Waals surface area contributed by atoms with E-state index in [1.807, 2.05) is 6.26 Å². The number of rotatable bonds is 4. The molecule has 108 valence electrons. The molecule has 0 atom stereocenters. The first-order chi connectivity index (χ1) is 8.75. The van der Waals surface area contributed by atoms with E-state index in [0.717, 1.165) is 18.8 Å². The largest absolute Gasteiger partial charge is 0.468 e. The third-order valence-electron chi connectivity index (χ3n) is 3.77. The third kappa shape index (κ3) is 4.36. The monoisotopic (exact) mass is 264 g/mol. The molecule has 3 heteroatoms. The van der Waals surface area contributed by atoms with Gasteiger partial charge in [-0.05, 0) is 45.2 Å². The molecular formula is C16H28N2O. The van der Waals surface area contributed by atoms with Crippen LogP contribution >= 0.6 is 0 Å². The molecule has 0 unspecified atom stereocenters. The van der Waals surface area contributed by atoms with E-state index in [-0.39, 0.29) is 5.54 Å². The maximum Gasteiger partial charge on any atom is 0.122 e. The first-order valence-electron chi connectivity index (χ1n) is 7.28. The van der Waals surface area contributed by atoms with Gasteiger partial charge in [-0.1, -0.05) is 13.8 Å². The highest BCUT2D eigenvalue weighted by molar-refractivity contribution is 5.17. The van der Waals surface area contributed by atoms with Crippen LogP contribution in [0.5, 0.6) is 0 Å². The van der Waals surface area contributed by atoms with Gasteiger partial charge < -0.3 is 9.73 Å². The van der Waals surface area contributed by atoms with Crippen LogP contribution in [0.4, 0.5) is 0 Å². The van der Waals surface area contributed by atoms with Crippen LogP contribution in [0.15, 0.2) is 16.7 Å². The van der Waals surface area contributed by atoms with E-state index < -0.39 is 0 Å². The second-order valence-corrected chi connectivity index (χ2v) is 7.60. The Bertz CT molecular complexity index is 415. The van der Waals surface area contributed by atoms with Crippen molar-refractivity contribution >= 4 is 0 Å². The Labute approximate surface area is 117 Å². The summed E-state index contributed by atoms with van der Waals surface area (Å²) in [5, 5.41) is 3.49. The van der Waals surface area contributed by atoms with Crippen LogP contribution < -0.4 is 5.32 Å². The zero-order chi connectivity index (χ0) is 14.1. The van der Waals surface area contributed by atoms with E-state index in [4.69, 9.17) is 4.42 Å². The van der Waals surface area contributed by atoms with Gasteiger partial charge in [0.2, 0.25) is 0 Å². The van der Waals surface area contributed by atoms with Gasteiger partial charge in [-0.2, -0.15) is 0 Å². The lowest BCUT2D eigenvalue weighted by molar-refractivity contribution is 0.281. The maximum atomic E-state index is 5.63. The van der Waals surface area contributed by atoms with Crippen molar-refractivity contribution in [3.05, 3.63) is 23.7 Å². The van der Waals surface area contributed by atoms with Crippen molar-refractivity contribution in [1.82, 2.24) is 10.2 Å². The van der Waals surface area contributed by atoms with Gasteiger partial charge in [-0.3, -0.25) is 4.90 Å². The van der Waals surface area contributed by atoms with Gasteiger partial charge in [0.25, 0.3) is 0 Å². The molecule has 0 aliphatic carbocycles. The van der Waals surface area contributed by atoms with E-state index in [1.165, 1.54) is 25.1 Å². The minimum absolute atomic E-state index is 0.125. The molecule has 2 rings (SSSR count). The molecule has 0 amide bonds. The Hall–Kier alpha value is -0.800. The number of likely N-dealkylation sites (tertiary alicyclic amines) is 1. The van der Waals surface area contributed by atoms with Crippen molar-refractivity contribution in [3.8, 4) is 0 Å². The molecule has 0 bridgehead atoms. The van der Waals surface area contributed by atoms with Crippen molar-refractivity contribution < 1.29 is 4.42 Å². The molecule has 19 heavy (non-hydrogen) atoms. The lowest BCUT2D eigenvalue weighted by Crippen LogP contribution is -2.35. The summed E-state index contributed by atoms with van der Waals surface area (Å²) in [6.07, 6.45) is 3.11. The number of hydrogen-bond donors (Lipinski definition) is 1. The highest BCUT2D eigenvalue weighted by Crippen LogP contribution is 2.30. The minimum Gasteiger partial charge on any atom is -0.468 e. The lowest BCUT2D eigenvalue weighted by atomic mass is 9.93. The zero-order valence-corrected chi connectivity index (χ0v) is 13.0. The first kappa shape index (κ1) is 14.6. The highest BCUT2D eigenvalue weighted by atomic mass is 16.3. The van der Waals surface area contributed by atoms with E-state index in [1.54, 1.807) is 0 Å². The van der Waals surface area contributed by atoms with Crippen LogP contribution in [0, 0.1) is 5.41 Å². The molecular weight excluding hydrogens is 236 g/mol. The van der Waals surface area contributed by atoms with Gasteiger partial charge in [-0.15, -0.1) is 0 Å². The summed E-state index contributed by atoms with van der Waals surface area (Å²) in [6, 6.07) is 2.12. The fraction of sp³-hybridized carbons (Fsp3) is 0.750. The summed E-state index contributed by atoms with van der Waals surface area (Å²) in [4.78, 5) is 2.53. The van der Waals surface area contributed by atoms with E-state index in [0.29, 0.717) is 5.41 Å². The molecule has 1 aromatic heterocycles. The average molecular weight is 264 g/mol. The Morgan fingerprint density at radius 1 is 1.37 bits per heavy atom. The third-order valence-corrected chi connectivity index (χ3v) is 3.77. The SMILES string of the molecule is CC1(C)CCN(Cc2ccoc2CNC(C)(C)C)C1.